The summed E-state index contributed by atoms with van der Waals surface area (Å²) in [4.78, 5) is 11.7. The second-order valence-corrected chi connectivity index (χ2v) is 14.9. The summed E-state index contributed by atoms with van der Waals surface area (Å²) in [5, 5.41) is 14.0. The van der Waals surface area contributed by atoms with E-state index in [0.29, 0.717) is 17.3 Å². The summed E-state index contributed by atoms with van der Waals surface area (Å²) < 4.78 is 14.6. The molecule has 3 aromatic heterocycles. The monoisotopic (exact) mass is 736 g/mol. The molecule has 56 heavy (non-hydrogen) atoms. The number of thiophene rings is 1. The highest BCUT2D eigenvalue weighted by Gasteiger charge is 2.17. The van der Waals surface area contributed by atoms with Gasteiger partial charge in [-0.15, -0.1) is 11.3 Å². The van der Waals surface area contributed by atoms with E-state index in [-0.39, 0.29) is 0 Å². The van der Waals surface area contributed by atoms with Crippen LogP contribution in [0, 0.1) is 11.3 Å². The molecule has 11 rings (SSSR count). The molecule has 8 aromatic carbocycles. The lowest BCUT2D eigenvalue weighted by Gasteiger charge is -2.26. The number of rotatable bonds is 6. The third-order valence-electron chi connectivity index (χ3n) is 10.3. The van der Waals surface area contributed by atoms with E-state index in [0.717, 1.165) is 77.7 Å². The highest BCUT2D eigenvalue weighted by Crippen LogP contribution is 2.40. The van der Waals surface area contributed by atoms with E-state index in [1.54, 1.807) is 11.3 Å². The molecule has 3 heterocycles. The Kier molecular flexibility index (Phi) is 7.31. The second kappa shape index (κ2) is 12.8. The Labute approximate surface area is 324 Å². The maximum absolute atomic E-state index is 9.43. The van der Waals surface area contributed by atoms with Gasteiger partial charge in [-0.1, -0.05) is 54.6 Å². The van der Waals surface area contributed by atoms with Crippen LogP contribution in [0.4, 0.5) is 17.1 Å². The normalized spacial score (nSPS) is 11.6. The van der Waals surface area contributed by atoms with Crippen LogP contribution in [-0.2, 0) is 0 Å². The number of fused-ring (bicyclic) bond motifs is 6. The van der Waals surface area contributed by atoms with Crippen molar-refractivity contribution in [3.8, 4) is 40.1 Å². The number of benzene rings is 8. The van der Waals surface area contributed by atoms with Crippen LogP contribution < -0.4 is 4.90 Å². The fourth-order valence-corrected chi connectivity index (χ4v) is 8.65. The Hall–Kier alpha value is -7.53. The zero-order valence-corrected chi connectivity index (χ0v) is 30.5. The number of nitrogens with zero attached hydrogens (tertiary/aromatic N) is 4. The van der Waals surface area contributed by atoms with Crippen molar-refractivity contribution in [1.82, 2.24) is 9.97 Å². The van der Waals surface area contributed by atoms with Crippen LogP contribution in [0.3, 0.4) is 0 Å². The summed E-state index contributed by atoms with van der Waals surface area (Å²) in [6.45, 7) is 0. The number of para-hydroxylation sites is 4. The molecule has 0 fully saturated rings. The molecule has 0 radical (unpaired) electrons. The molecule has 11 aromatic rings. The number of oxazole rings is 2. The molecular weight excluding hydrogens is 709 g/mol. The first-order chi connectivity index (χ1) is 27.6. The highest BCUT2D eigenvalue weighted by atomic mass is 32.1. The Balaban J connectivity index is 0.965. The lowest BCUT2D eigenvalue weighted by molar-refractivity contribution is 0.619. The minimum absolute atomic E-state index is 0.591. The fourth-order valence-electron chi connectivity index (χ4n) is 7.52. The predicted octanol–water partition coefficient (Wildman–Crippen LogP) is 13.8. The van der Waals surface area contributed by atoms with Crippen molar-refractivity contribution in [1.29, 1.82) is 5.26 Å². The van der Waals surface area contributed by atoms with Crippen molar-refractivity contribution in [2.75, 3.05) is 4.90 Å². The van der Waals surface area contributed by atoms with Gasteiger partial charge in [-0.05, 0) is 137 Å². The number of nitriles is 1. The molecule has 0 saturated carbocycles. The van der Waals surface area contributed by atoms with Gasteiger partial charge in [0.2, 0.25) is 11.8 Å². The van der Waals surface area contributed by atoms with Gasteiger partial charge in [0.05, 0.1) is 11.6 Å². The maximum Gasteiger partial charge on any atom is 0.227 e. The molecule has 0 aliphatic carbocycles. The van der Waals surface area contributed by atoms with Crippen LogP contribution in [0.15, 0.2) is 179 Å². The van der Waals surface area contributed by atoms with Gasteiger partial charge < -0.3 is 13.7 Å². The quantitative estimate of drug-likeness (QED) is 0.169. The van der Waals surface area contributed by atoms with E-state index in [9.17, 15) is 5.26 Å². The molecule has 0 bridgehead atoms. The SMILES string of the molecule is N#Cc1ccc2sc3cc(-c4ccc5cc(N(c6ccc(-c7nc8ccccc8o7)cc6)c6ccc(-c7nc8ccccc8o7)cc6)ccc5c4)ccc3c2c1. The Morgan fingerprint density at radius 3 is 1.66 bits per heavy atom. The third-order valence-corrected chi connectivity index (χ3v) is 11.5. The average molecular weight is 737 g/mol. The van der Waals surface area contributed by atoms with Crippen molar-refractivity contribution in [2.24, 2.45) is 0 Å². The molecule has 7 heteroatoms. The molecule has 0 N–H and O–H groups in total. The first-order valence-corrected chi connectivity index (χ1v) is 19.1. The first-order valence-electron chi connectivity index (χ1n) is 18.3. The zero-order valence-electron chi connectivity index (χ0n) is 29.7. The molecule has 6 nitrogen and oxygen atoms in total. The predicted molar refractivity (Wildman–Crippen MR) is 228 cm³/mol. The number of anilines is 3. The summed E-state index contributed by atoms with van der Waals surface area (Å²) in [5.74, 6) is 1.18. The molecular formula is C49H28N4O2S. The molecule has 0 aliphatic rings. The Morgan fingerprint density at radius 2 is 1.02 bits per heavy atom. The fraction of sp³-hybridized carbons (Fsp3) is 0. The Morgan fingerprint density at radius 1 is 0.464 bits per heavy atom. The van der Waals surface area contributed by atoms with E-state index in [1.807, 2.05) is 66.7 Å². The van der Waals surface area contributed by atoms with Crippen LogP contribution >= 0.6 is 11.3 Å². The summed E-state index contributed by atoms with van der Waals surface area (Å²) >= 11 is 1.76. The van der Waals surface area contributed by atoms with Gasteiger partial charge in [0.25, 0.3) is 0 Å². The topological polar surface area (TPSA) is 79.1 Å². The van der Waals surface area contributed by atoms with E-state index in [4.69, 9.17) is 18.8 Å². The van der Waals surface area contributed by atoms with Crippen LogP contribution in [-0.4, -0.2) is 9.97 Å². The minimum atomic E-state index is 0.591. The number of hydrogen-bond donors (Lipinski definition) is 0. The summed E-state index contributed by atoms with van der Waals surface area (Å²) in [6.07, 6.45) is 0. The molecule has 0 saturated heterocycles. The second-order valence-electron chi connectivity index (χ2n) is 13.8. The molecule has 0 unspecified atom stereocenters. The smallest absolute Gasteiger partial charge is 0.227 e. The van der Waals surface area contributed by atoms with Crippen LogP contribution in [0.25, 0.3) is 87.2 Å². The largest absolute Gasteiger partial charge is 0.436 e. The Bertz CT molecular complexity index is 3150. The van der Waals surface area contributed by atoms with E-state index in [1.165, 1.54) is 14.8 Å². The van der Waals surface area contributed by atoms with Crippen LogP contribution in [0.5, 0.6) is 0 Å². The van der Waals surface area contributed by atoms with E-state index < -0.39 is 0 Å². The molecule has 0 atom stereocenters. The van der Waals surface area contributed by atoms with Crippen molar-refractivity contribution < 1.29 is 8.83 Å². The standard InChI is InChI=1S/C49H28N4O2S/c50-29-30-9-24-46-41(25-30)40-23-17-36(28-47(40)56-46)33-10-11-35-27-39(22-16-34(35)26-33)53(37-18-12-31(13-19-37)48-51-42-5-1-3-7-44(42)54-48)38-20-14-32(15-21-38)49-52-43-6-2-4-8-45(43)55-49/h1-28H. The number of aromatic nitrogens is 2. The zero-order chi connectivity index (χ0) is 37.2. The maximum atomic E-state index is 9.43. The highest BCUT2D eigenvalue weighted by molar-refractivity contribution is 7.25. The molecule has 262 valence electrons. The van der Waals surface area contributed by atoms with Gasteiger partial charge in [0, 0.05) is 48.4 Å². The first kappa shape index (κ1) is 31.9. The van der Waals surface area contributed by atoms with Crippen molar-refractivity contribution in [3.63, 3.8) is 0 Å². The third kappa shape index (κ3) is 5.48. The molecule has 0 aliphatic heterocycles. The van der Waals surface area contributed by atoms with Gasteiger partial charge in [-0.2, -0.15) is 5.26 Å². The van der Waals surface area contributed by atoms with Gasteiger partial charge in [-0.3, -0.25) is 0 Å². The van der Waals surface area contributed by atoms with Gasteiger partial charge in [0.15, 0.2) is 11.2 Å². The van der Waals surface area contributed by atoms with Gasteiger partial charge >= 0.3 is 0 Å². The molecule has 0 amide bonds. The van der Waals surface area contributed by atoms with E-state index >= 15 is 0 Å². The number of hydrogen-bond acceptors (Lipinski definition) is 7. The van der Waals surface area contributed by atoms with Crippen LogP contribution in [0.2, 0.25) is 0 Å². The summed E-state index contributed by atoms with van der Waals surface area (Å²) in [6, 6.07) is 60.4. The average Bonchev–Trinajstić information content (AvgIpc) is 3.99. The van der Waals surface area contributed by atoms with Crippen LogP contribution in [0.1, 0.15) is 5.56 Å². The molecule has 0 spiro atoms. The lowest BCUT2D eigenvalue weighted by Crippen LogP contribution is -2.09. The van der Waals surface area contributed by atoms with Gasteiger partial charge in [-0.25, -0.2) is 9.97 Å². The lowest BCUT2D eigenvalue weighted by atomic mass is 9.99. The summed E-state index contributed by atoms with van der Waals surface area (Å²) in [5.41, 5.74) is 11.0. The summed E-state index contributed by atoms with van der Waals surface area (Å²) in [7, 11) is 0. The van der Waals surface area contributed by atoms with Crippen molar-refractivity contribution >= 4 is 81.5 Å². The van der Waals surface area contributed by atoms with Crippen molar-refractivity contribution in [2.45, 2.75) is 0 Å². The van der Waals surface area contributed by atoms with Crippen molar-refractivity contribution in [3.05, 3.63) is 175 Å². The van der Waals surface area contributed by atoms with Gasteiger partial charge in [0.1, 0.15) is 11.0 Å². The minimum Gasteiger partial charge on any atom is -0.436 e. The van der Waals surface area contributed by atoms with E-state index in [2.05, 4.69) is 114 Å².